The lowest BCUT2D eigenvalue weighted by atomic mass is 10.2. The summed E-state index contributed by atoms with van der Waals surface area (Å²) in [6.07, 6.45) is 2.69. The van der Waals surface area contributed by atoms with Crippen LogP contribution in [0.15, 0.2) is 55.4 Å². The normalized spacial score (nSPS) is 13.3. The summed E-state index contributed by atoms with van der Waals surface area (Å²) in [7, 11) is 7.59. The van der Waals surface area contributed by atoms with Gasteiger partial charge in [-0.25, -0.2) is 9.97 Å². The molecule has 1 aliphatic heterocycles. The van der Waals surface area contributed by atoms with Gasteiger partial charge in [-0.2, -0.15) is 0 Å². The molecule has 0 spiro atoms. The van der Waals surface area contributed by atoms with Gasteiger partial charge in [0.05, 0.1) is 42.4 Å². The summed E-state index contributed by atoms with van der Waals surface area (Å²) in [5.41, 5.74) is 2.77. The number of morpholine rings is 1. The van der Waals surface area contributed by atoms with Crippen LogP contribution in [0.25, 0.3) is 0 Å². The van der Waals surface area contributed by atoms with Crippen LogP contribution in [0, 0.1) is 0 Å². The molecule has 0 bridgehead atoms. The van der Waals surface area contributed by atoms with Crippen LogP contribution in [0.5, 0.6) is 11.5 Å². The number of carbonyl (C=O) groups is 1. The third kappa shape index (κ3) is 9.45. The van der Waals surface area contributed by atoms with Crippen LogP contribution < -0.4 is 30.3 Å². The zero-order valence-electron chi connectivity index (χ0n) is 25.7. The number of benzene rings is 2. The third-order valence-corrected chi connectivity index (χ3v) is 7.25. The fourth-order valence-corrected chi connectivity index (χ4v) is 4.73. The molecule has 0 aliphatic carbocycles. The number of rotatable bonds is 15. The highest BCUT2D eigenvalue weighted by molar-refractivity contribution is 6.32. The molecule has 1 saturated heterocycles. The zero-order chi connectivity index (χ0) is 31.5. The van der Waals surface area contributed by atoms with Crippen molar-refractivity contribution in [1.29, 1.82) is 0 Å². The number of ether oxygens (including phenoxy) is 3. The molecule has 3 N–H and O–H groups in total. The number of halogens is 1. The van der Waals surface area contributed by atoms with Crippen LogP contribution >= 0.6 is 11.6 Å². The molecule has 1 amide bonds. The molecule has 12 nitrogen and oxygen atoms in total. The van der Waals surface area contributed by atoms with E-state index in [0.29, 0.717) is 46.1 Å². The van der Waals surface area contributed by atoms with Gasteiger partial charge in [-0.05, 0) is 44.4 Å². The summed E-state index contributed by atoms with van der Waals surface area (Å²) in [4.78, 5) is 27.4. The summed E-state index contributed by atoms with van der Waals surface area (Å²) in [5, 5.41) is 9.96. The van der Waals surface area contributed by atoms with Crippen molar-refractivity contribution < 1.29 is 19.0 Å². The first-order valence-corrected chi connectivity index (χ1v) is 14.7. The standard InChI is InChI=1S/C31H41ClN8O4/c1-6-31(41)37-24-18-25(28(42-5)19-26(24)39(4)10-9-38(2)3)36-30-20-29(33-21-34-30)35-22-7-8-27(23(32)17-22)44-16-13-40-11-14-43-15-12-40/h6-8,17-21H,1,9-16H2,2-5H3,(H,37,41)(H2,33,34,35,36). The molecule has 236 valence electrons. The van der Waals surface area contributed by atoms with Gasteiger partial charge in [0.15, 0.2) is 0 Å². The Labute approximate surface area is 263 Å². The molecular weight excluding hydrogens is 584 g/mol. The van der Waals surface area contributed by atoms with Crippen LogP contribution in [0.1, 0.15) is 0 Å². The summed E-state index contributed by atoms with van der Waals surface area (Å²) >= 11 is 6.52. The SMILES string of the molecule is C=CC(=O)Nc1cc(Nc2cc(Nc3ccc(OCCN4CCOCC4)c(Cl)c3)ncn2)c(OC)cc1N(C)CCN(C)C. The van der Waals surface area contributed by atoms with Gasteiger partial charge in [-0.3, -0.25) is 9.69 Å². The smallest absolute Gasteiger partial charge is 0.247 e. The zero-order valence-corrected chi connectivity index (χ0v) is 26.5. The number of anilines is 6. The number of hydrogen-bond acceptors (Lipinski definition) is 11. The first-order valence-electron chi connectivity index (χ1n) is 14.4. The molecule has 4 rings (SSSR count). The Bertz CT molecular complexity index is 1420. The molecule has 2 aromatic carbocycles. The predicted molar refractivity (Wildman–Crippen MR) is 176 cm³/mol. The summed E-state index contributed by atoms with van der Waals surface area (Å²) in [5.74, 6) is 1.96. The van der Waals surface area contributed by atoms with Gasteiger partial charge in [0.25, 0.3) is 0 Å². The van der Waals surface area contributed by atoms with Gasteiger partial charge < -0.3 is 40.0 Å². The second-order valence-electron chi connectivity index (χ2n) is 10.5. The molecule has 3 aromatic rings. The Kier molecular flexibility index (Phi) is 12.0. The van der Waals surface area contributed by atoms with E-state index in [1.807, 2.05) is 45.4 Å². The highest BCUT2D eigenvalue weighted by Crippen LogP contribution is 2.38. The molecule has 0 radical (unpaired) electrons. The van der Waals surface area contributed by atoms with Crippen LogP contribution in [-0.4, -0.2) is 106 Å². The van der Waals surface area contributed by atoms with E-state index < -0.39 is 0 Å². The van der Waals surface area contributed by atoms with E-state index in [0.717, 1.165) is 57.3 Å². The number of nitrogens with zero attached hydrogens (tertiary/aromatic N) is 5. The fraction of sp³-hybridized carbons (Fsp3) is 0.387. The van der Waals surface area contributed by atoms with Crippen LogP contribution in [0.2, 0.25) is 5.02 Å². The van der Waals surface area contributed by atoms with Gasteiger partial charge >= 0.3 is 0 Å². The van der Waals surface area contributed by atoms with Gasteiger partial charge in [0, 0.05) is 57.6 Å². The van der Waals surface area contributed by atoms with E-state index in [4.69, 9.17) is 25.8 Å². The molecule has 2 heterocycles. The Morgan fingerprint density at radius 3 is 2.48 bits per heavy atom. The van der Waals surface area contributed by atoms with Crippen molar-refractivity contribution in [2.24, 2.45) is 0 Å². The van der Waals surface area contributed by atoms with E-state index in [-0.39, 0.29) is 5.91 Å². The number of carbonyl (C=O) groups excluding carboxylic acids is 1. The van der Waals surface area contributed by atoms with Gasteiger partial charge in [0.2, 0.25) is 5.91 Å². The van der Waals surface area contributed by atoms with Crippen LogP contribution in [0.3, 0.4) is 0 Å². The monoisotopic (exact) mass is 624 g/mol. The molecule has 0 saturated carbocycles. The van der Waals surface area contributed by atoms with Crippen molar-refractivity contribution in [1.82, 2.24) is 19.8 Å². The minimum atomic E-state index is -0.316. The van der Waals surface area contributed by atoms with Crippen molar-refractivity contribution >= 4 is 51.9 Å². The summed E-state index contributed by atoms with van der Waals surface area (Å²) < 4.78 is 17.0. The largest absolute Gasteiger partial charge is 0.494 e. The van der Waals surface area contributed by atoms with E-state index in [1.54, 1.807) is 19.2 Å². The van der Waals surface area contributed by atoms with E-state index >= 15 is 0 Å². The molecular formula is C31H41ClN8O4. The number of aromatic nitrogens is 2. The average Bonchev–Trinajstić information content (AvgIpc) is 3.01. The summed E-state index contributed by atoms with van der Waals surface area (Å²) in [6, 6.07) is 11.0. The molecule has 13 heteroatoms. The average molecular weight is 625 g/mol. The molecule has 1 aliphatic rings. The topological polar surface area (TPSA) is 116 Å². The number of amides is 1. The lowest BCUT2D eigenvalue weighted by molar-refractivity contribution is -0.111. The molecule has 44 heavy (non-hydrogen) atoms. The number of nitrogens with one attached hydrogen (secondary N) is 3. The van der Waals surface area contributed by atoms with Crippen LogP contribution in [0.4, 0.5) is 34.4 Å². The van der Waals surface area contributed by atoms with Crippen molar-refractivity contribution in [2.45, 2.75) is 0 Å². The van der Waals surface area contributed by atoms with Gasteiger partial charge in [0.1, 0.15) is 36.1 Å². The highest BCUT2D eigenvalue weighted by Gasteiger charge is 2.17. The molecule has 0 atom stereocenters. The second kappa shape index (κ2) is 16.1. The Hall–Kier alpha value is -4.10. The van der Waals surface area contributed by atoms with Gasteiger partial charge in [-0.15, -0.1) is 0 Å². The maximum atomic E-state index is 12.3. The molecule has 0 unspecified atom stereocenters. The first kappa shape index (κ1) is 32.8. The van der Waals surface area contributed by atoms with Crippen molar-refractivity contribution in [3.05, 3.63) is 60.4 Å². The minimum absolute atomic E-state index is 0.316. The second-order valence-corrected chi connectivity index (χ2v) is 10.9. The molecule has 1 aromatic heterocycles. The van der Waals surface area contributed by atoms with Crippen molar-refractivity contribution in [3.8, 4) is 11.5 Å². The van der Waals surface area contributed by atoms with Crippen molar-refractivity contribution in [2.75, 3.05) is 102 Å². The van der Waals surface area contributed by atoms with E-state index in [9.17, 15) is 4.79 Å². The van der Waals surface area contributed by atoms with Crippen molar-refractivity contribution in [3.63, 3.8) is 0 Å². The maximum Gasteiger partial charge on any atom is 0.247 e. The lowest BCUT2D eigenvalue weighted by Crippen LogP contribution is -2.38. The quantitative estimate of drug-likeness (QED) is 0.208. The minimum Gasteiger partial charge on any atom is -0.494 e. The Balaban J connectivity index is 1.46. The van der Waals surface area contributed by atoms with E-state index in [1.165, 1.54) is 12.4 Å². The fourth-order valence-electron chi connectivity index (χ4n) is 4.49. The number of likely N-dealkylation sites (N-methyl/N-ethyl adjacent to an activating group) is 2. The van der Waals surface area contributed by atoms with Crippen LogP contribution in [-0.2, 0) is 9.53 Å². The van der Waals surface area contributed by atoms with Gasteiger partial charge in [-0.1, -0.05) is 18.2 Å². The Morgan fingerprint density at radius 1 is 1.05 bits per heavy atom. The summed E-state index contributed by atoms with van der Waals surface area (Å²) in [6.45, 7) is 9.86. The number of methoxy groups -OCH3 is 1. The third-order valence-electron chi connectivity index (χ3n) is 6.96. The molecule has 1 fully saturated rings. The lowest BCUT2D eigenvalue weighted by Gasteiger charge is -2.26. The number of hydrogen-bond donors (Lipinski definition) is 3. The maximum absolute atomic E-state index is 12.3. The predicted octanol–water partition coefficient (Wildman–Crippen LogP) is 4.46. The van der Waals surface area contributed by atoms with E-state index in [2.05, 4.69) is 47.2 Å². The highest BCUT2D eigenvalue weighted by atomic mass is 35.5. The first-order chi connectivity index (χ1) is 21.2. The Morgan fingerprint density at radius 2 is 1.80 bits per heavy atom.